The summed E-state index contributed by atoms with van der Waals surface area (Å²) < 4.78 is 5.81. The van der Waals surface area contributed by atoms with Crippen LogP contribution < -0.4 is 5.73 Å². The number of hydrogen-bond donors (Lipinski definition) is 1. The van der Waals surface area contributed by atoms with Crippen LogP contribution in [-0.2, 0) is 11.2 Å². The van der Waals surface area contributed by atoms with E-state index in [9.17, 15) is 0 Å². The summed E-state index contributed by atoms with van der Waals surface area (Å²) in [5.41, 5.74) is 6.64. The van der Waals surface area contributed by atoms with Gasteiger partial charge in [-0.3, -0.25) is 4.90 Å². The Labute approximate surface area is 107 Å². The summed E-state index contributed by atoms with van der Waals surface area (Å²) in [5.74, 6) is 0. The van der Waals surface area contributed by atoms with Gasteiger partial charge < -0.3 is 10.5 Å². The molecule has 96 valence electrons. The molecule has 0 saturated carbocycles. The molecule has 17 heavy (non-hydrogen) atoms. The van der Waals surface area contributed by atoms with Crippen LogP contribution in [0.3, 0.4) is 0 Å². The molecule has 1 atom stereocenters. The summed E-state index contributed by atoms with van der Waals surface area (Å²) >= 11 is 1.70. The first-order valence-electron chi connectivity index (χ1n) is 6.31. The number of rotatable bonds is 5. The lowest BCUT2D eigenvalue weighted by molar-refractivity contribution is -0.0299. The van der Waals surface area contributed by atoms with Crippen molar-refractivity contribution in [1.82, 2.24) is 9.88 Å². The van der Waals surface area contributed by atoms with Gasteiger partial charge in [-0.2, -0.15) is 0 Å². The van der Waals surface area contributed by atoms with Crippen LogP contribution in [0.15, 0.2) is 5.38 Å². The van der Waals surface area contributed by atoms with Gasteiger partial charge in [-0.1, -0.05) is 6.92 Å². The van der Waals surface area contributed by atoms with Crippen molar-refractivity contribution in [2.24, 2.45) is 5.73 Å². The minimum absolute atomic E-state index is 0.159. The van der Waals surface area contributed by atoms with Crippen LogP contribution in [0.2, 0.25) is 0 Å². The molecule has 0 amide bonds. The van der Waals surface area contributed by atoms with Gasteiger partial charge in [0.25, 0.3) is 0 Å². The molecule has 0 spiro atoms. The second kappa shape index (κ2) is 6.44. The Hall–Kier alpha value is -0.490. The van der Waals surface area contributed by atoms with Crippen molar-refractivity contribution in [2.75, 3.05) is 32.8 Å². The highest BCUT2D eigenvalue weighted by Crippen LogP contribution is 2.25. The summed E-state index contributed by atoms with van der Waals surface area (Å²) in [6.45, 7) is 6.87. The van der Waals surface area contributed by atoms with Gasteiger partial charge in [0.05, 0.1) is 12.3 Å². The number of thiazole rings is 1. The normalized spacial score (nSPS) is 21.9. The van der Waals surface area contributed by atoms with Crippen LogP contribution in [0.4, 0.5) is 0 Å². The summed E-state index contributed by atoms with van der Waals surface area (Å²) in [5, 5.41) is 3.21. The summed E-state index contributed by atoms with van der Waals surface area (Å²) in [6.07, 6.45) is 2.22. The highest BCUT2D eigenvalue weighted by atomic mass is 32.1. The lowest BCUT2D eigenvalue weighted by atomic mass is 10.2. The smallest absolute Gasteiger partial charge is 0.123 e. The number of morpholine rings is 1. The van der Waals surface area contributed by atoms with Crippen LogP contribution in [0.25, 0.3) is 0 Å². The van der Waals surface area contributed by atoms with E-state index in [1.807, 2.05) is 0 Å². The van der Waals surface area contributed by atoms with E-state index >= 15 is 0 Å². The second-order valence-electron chi connectivity index (χ2n) is 4.38. The molecule has 0 radical (unpaired) electrons. The van der Waals surface area contributed by atoms with E-state index in [-0.39, 0.29) is 6.10 Å². The molecule has 2 N–H and O–H groups in total. The third-order valence-electron chi connectivity index (χ3n) is 2.94. The second-order valence-corrected chi connectivity index (χ2v) is 5.27. The van der Waals surface area contributed by atoms with E-state index in [4.69, 9.17) is 10.5 Å². The Morgan fingerprint density at radius 1 is 1.65 bits per heavy atom. The average molecular weight is 255 g/mol. The third-order valence-corrected chi connectivity index (χ3v) is 3.92. The predicted octanol–water partition coefficient (Wildman–Crippen LogP) is 1.43. The fourth-order valence-corrected chi connectivity index (χ4v) is 3.00. The van der Waals surface area contributed by atoms with Crippen molar-refractivity contribution < 1.29 is 4.74 Å². The van der Waals surface area contributed by atoms with Crippen LogP contribution >= 0.6 is 11.3 Å². The molecule has 2 rings (SSSR count). The van der Waals surface area contributed by atoms with Crippen LogP contribution in [-0.4, -0.2) is 42.7 Å². The summed E-state index contributed by atoms with van der Waals surface area (Å²) in [7, 11) is 0. The molecule has 1 fully saturated rings. The van der Waals surface area contributed by atoms with Crippen molar-refractivity contribution in [3.05, 3.63) is 16.1 Å². The number of ether oxygens (including phenoxy) is 1. The fraction of sp³-hybridized carbons (Fsp3) is 0.750. The molecule has 0 bridgehead atoms. The Kier molecular flexibility index (Phi) is 4.91. The highest BCUT2D eigenvalue weighted by molar-refractivity contribution is 7.09. The Bertz CT molecular complexity index is 340. The maximum absolute atomic E-state index is 5.81. The maximum Gasteiger partial charge on any atom is 0.123 e. The molecular formula is C12H21N3OS. The van der Waals surface area contributed by atoms with Crippen LogP contribution in [0.5, 0.6) is 0 Å². The fourth-order valence-electron chi connectivity index (χ4n) is 2.10. The molecular weight excluding hydrogens is 234 g/mol. The van der Waals surface area contributed by atoms with Gasteiger partial charge >= 0.3 is 0 Å². The monoisotopic (exact) mass is 255 g/mol. The van der Waals surface area contributed by atoms with E-state index in [0.29, 0.717) is 6.54 Å². The van der Waals surface area contributed by atoms with Crippen molar-refractivity contribution in [2.45, 2.75) is 25.9 Å². The standard InChI is InChI=1S/C12H21N3OS/c1-2-5-15-6-7-16-11(8-15)12-14-10(3-4-13)9-17-12/h9,11H,2-8,13H2,1H3. The van der Waals surface area contributed by atoms with Crippen molar-refractivity contribution in [3.63, 3.8) is 0 Å². The lowest BCUT2D eigenvalue weighted by Gasteiger charge is -2.31. The molecule has 0 aliphatic carbocycles. The van der Waals surface area contributed by atoms with Crippen molar-refractivity contribution >= 4 is 11.3 Å². The Balaban J connectivity index is 1.95. The molecule has 1 saturated heterocycles. The molecule has 0 aromatic carbocycles. The summed E-state index contributed by atoms with van der Waals surface area (Å²) in [4.78, 5) is 7.06. The number of hydrogen-bond acceptors (Lipinski definition) is 5. The van der Waals surface area contributed by atoms with E-state index in [1.165, 1.54) is 6.42 Å². The van der Waals surface area contributed by atoms with Gasteiger partial charge in [0.1, 0.15) is 11.1 Å². The first-order chi connectivity index (χ1) is 8.33. The first kappa shape index (κ1) is 13.0. The van der Waals surface area contributed by atoms with Crippen molar-refractivity contribution in [1.29, 1.82) is 0 Å². The zero-order chi connectivity index (χ0) is 12.1. The van der Waals surface area contributed by atoms with E-state index in [0.717, 1.165) is 43.4 Å². The molecule has 1 aromatic rings. The Morgan fingerprint density at radius 2 is 2.53 bits per heavy atom. The third kappa shape index (κ3) is 3.48. The molecule has 5 heteroatoms. The summed E-state index contributed by atoms with van der Waals surface area (Å²) in [6, 6.07) is 0. The minimum atomic E-state index is 0.159. The van der Waals surface area contributed by atoms with Gasteiger partial charge in [0.15, 0.2) is 0 Å². The van der Waals surface area contributed by atoms with Crippen LogP contribution in [0, 0.1) is 0 Å². The van der Waals surface area contributed by atoms with Gasteiger partial charge in [-0.05, 0) is 19.5 Å². The molecule has 1 aromatic heterocycles. The predicted molar refractivity (Wildman–Crippen MR) is 70.3 cm³/mol. The molecule has 1 aliphatic rings. The number of nitrogens with zero attached hydrogens (tertiary/aromatic N) is 2. The Morgan fingerprint density at radius 3 is 3.29 bits per heavy atom. The highest BCUT2D eigenvalue weighted by Gasteiger charge is 2.23. The molecule has 2 heterocycles. The SMILES string of the molecule is CCCN1CCOC(c2nc(CCN)cs2)C1. The molecule has 4 nitrogen and oxygen atoms in total. The number of aromatic nitrogens is 1. The van der Waals surface area contributed by atoms with Crippen molar-refractivity contribution in [3.8, 4) is 0 Å². The van der Waals surface area contributed by atoms with Gasteiger partial charge in [-0.15, -0.1) is 11.3 Å². The minimum Gasteiger partial charge on any atom is -0.368 e. The zero-order valence-electron chi connectivity index (χ0n) is 10.4. The average Bonchev–Trinajstić information content (AvgIpc) is 2.79. The largest absolute Gasteiger partial charge is 0.368 e. The zero-order valence-corrected chi connectivity index (χ0v) is 11.2. The van der Waals surface area contributed by atoms with E-state index in [1.54, 1.807) is 11.3 Å². The molecule has 1 unspecified atom stereocenters. The maximum atomic E-state index is 5.81. The van der Waals surface area contributed by atoms with E-state index in [2.05, 4.69) is 22.2 Å². The van der Waals surface area contributed by atoms with Crippen LogP contribution in [0.1, 0.15) is 30.2 Å². The number of nitrogens with two attached hydrogens (primary N) is 1. The lowest BCUT2D eigenvalue weighted by Crippen LogP contribution is -2.38. The quantitative estimate of drug-likeness (QED) is 0.864. The van der Waals surface area contributed by atoms with Gasteiger partial charge in [0, 0.05) is 24.9 Å². The van der Waals surface area contributed by atoms with E-state index < -0.39 is 0 Å². The van der Waals surface area contributed by atoms with Gasteiger partial charge in [-0.25, -0.2) is 4.98 Å². The topological polar surface area (TPSA) is 51.4 Å². The first-order valence-corrected chi connectivity index (χ1v) is 7.19. The van der Waals surface area contributed by atoms with Gasteiger partial charge in [0.2, 0.25) is 0 Å². The molecule has 1 aliphatic heterocycles.